The summed E-state index contributed by atoms with van der Waals surface area (Å²) in [5.41, 5.74) is 5.47. The Kier molecular flexibility index (Phi) is 8.33. The number of carbonyl (C=O) groups is 1. The molecule has 1 N–H and O–H groups in total. The monoisotopic (exact) mass is 330 g/mol. The molecule has 130 valence electrons. The van der Waals surface area contributed by atoms with Gasteiger partial charge in [0.1, 0.15) is 0 Å². The van der Waals surface area contributed by atoms with E-state index in [1.54, 1.807) is 31.5 Å². The number of hydrazone groups is 1. The number of amides is 1. The van der Waals surface area contributed by atoms with Gasteiger partial charge >= 0.3 is 0 Å². The average Bonchev–Trinajstić information content (AvgIpc) is 2.57. The molecular weight excluding hydrogens is 304 g/mol. The van der Waals surface area contributed by atoms with Gasteiger partial charge in [-0.3, -0.25) is 4.79 Å². The van der Waals surface area contributed by atoms with Gasteiger partial charge in [0.25, 0.3) is 5.91 Å². The normalized spacial score (nSPS) is 11.3. The number of hydrogen-bond acceptors (Lipinski definition) is 4. The van der Waals surface area contributed by atoms with Gasteiger partial charge in [-0.25, -0.2) is 5.43 Å². The zero-order valence-electron chi connectivity index (χ0n) is 15.1. The Morgan fingerprint density at radius 1 is 1.17 bits per heavy atom. The van der Waals surface area contributed by atoms with Gasteiger partial charge in [0.2, 0.25) is 0 Å². The third kappa shape index (κ3) is 6.69. The van der Waals surface area contributed by atoms with E-state index in [9.17, 15) is 4.79 Å². The molecule has 0 bridgehead atoms. The number of benzene rings is 1. The molecule has 0 fully saturated rings. The average molecular weight is 330 g/mol. The van der Waals surface area contributed by atoms with Crippen LogP contribution >= 0.6 is 0 Å². The maximum Gasteiger partial charge on any atom is 0.271 e. The predicted octanol–water partition coefficient (Wildman–Crippen LogP) is 4.11. The van der Waals surface area contributed by atoms with Gasteiger partial charge < -0.3 is 9.47 Å². The minimum Gasteiger partial charge on any atom is -0.493 e. The predicted molar refractivity (Wildman–Crippen MR) is 97.9 cm³/mol. The van der Waals surface area contributed by atoms with E-state index in [1.165, 1.54) is 18.3 Å². The molecular formula is C19H26N2O3. The van der Waals surface area contributed by atoms with E-state index >= 15 is 0 Å². The molecule has 0 aliphatic carbocycles. The topological polar surface area (TPSA) is 59.9 Å². The Labute approximate surface area is 144 Å². The van der Waals surface area contributed by atoms with Crippen LogP contribution in [0.25, 0.3) is 0 Å². The second-order valence-electron chi connectivity index (χ2n) is 5.62. The second-order valence-corrected chi connectivity index (χ2v) is 5.62. The van der Waals surface area contributed by atoms with Crippen LogP contribution in [0.15, 0.2) is 46.6 Å². The maximum atomic E-state index is 12.1. The number of ether oxygens (including phenoxy) is 2. The molecule has 0 unspecified atom stereocenters. The highest BCUT2D eigenvalue weighted by atomic mass is 16.5. The van der Waals surface area contributed by atoms with Crippen molar-refractivity contribution in [2.75, 3.05) is 14.2 Å². The minimum absolute atomic E-state index is 0.303. The fraction of sp³-hybridized carbons (Fsp3) is 0.368. The van der Waals surface area contributed by atoms with Crippen LogP contribution in [0.1, 0.15) is 44.0 Å². The summed E-state index contributed by atoms with van der Waals surface area (Å²) in [4.78, 5) is 12.1. The van der Waals surface area contributed by atoms with Crippen LogP contribution in [0.5, 0.6) is 11.5 Å². The van der Waals surface area contributed by atoms with Crippen LogP contribution in [0, 0.1) is 0 Å². The van der Waals surface area contributed by atoms with Gasteiger partial charge in [0, 0.05) is 11.8 Å². The lowest BCUT2D eigenvalue weighted by molar-refractivity contribution is 0.0954. The van der Waals surface area contributed by atoms with Gasteiger partial charge in [0.15, 0.2) is 11.5 Å². The molecule has 0 spiro atoms. The Balaban J connectivity index is 2.58. The molecule has 5 heteroatoms. The molecule has 0 saturated carbocycles. The van der Waals surface area contributed by atoms with Crippen LogP contribution in [0.2, 0.25) is 0 Å². The Morgan fingerprint density at radius 3 is 2.50 bits per heavy atom. The van der Waals surface area contributed by atoms with Gasteiger partial charge in [0.05, 0.1) is 14.2 Å². The number of nitrogens with zero attached hydrogens (tertiary/aromatic N) is 1. The lowest BCUT2D eigenvalue weighted by Gasteiger charge is -2.08. The van der Waals surface area contributed by atoms with Crippen molar-refractivity contribution in [2.45, 2.75) is 33.6 Å². The molecule has 1 amide bonds. The van der Waals surface area contributed by atoms with Crippen LogP contribution in [-0.4, -0.2) is 26.3 Å². The molecule has 0 atom stereocenters. The van der Waals surface area contributed by atoms with Gasteiger partial charge in [-0.1, -0.05) is 17.2 Å². The number of methoxy groups -OCH3 is 2. The lowest BCUT2D eigenvalue weighted by atomic mass is 10.1. The van der Waals surface area contributed by atoms with Crippen molar-refractivity contribution in [2.24, 2.45) is 5.10 Å². The number of allylic oxidation sites excluding steroid dienone is 4. The maximum absolute atomic E-state index is 12.1. The van der Waals surface area contributed by atoms with E-state index in [0.717, 1.165) is 12.8 Å². The quantitative estimate of drug-likeness (QED) is 0.443. The standard InChI is InChI=1S/C19H26N2O3/c1-14(2)7-6-8-15(3)11-12-20-21-19(22)16-9-10-17(23-4)18(13-16)24-5/h7,9-13H,6,8H2,1-5H3,(H,21,22)/b15-11+,20-12-. The Bertz CT molecular complexity index is 642. The first kappa shape index (κ1) is 19.5. The van der Waals surface area contributed by atoms with Crippen LogP contribution in [-0.2, 0) is 0 Å². The largest absolute Gasteiger partial charge is 0.493 e. The first-order valence-corrected chi connectivity index (χ1v) is 7.82. The molecule has 5 nitrogen and oxygen atoms in total. The molecule has 0 aliphatic rings. The molecule has 1 aromatic rings. The molecule has 1 aromatic carbocycles. The summed E-state index contributed by atoms with van der Waals surface area (Å²) < 4.78 is 10.3. The fourth-order valence-electron chi connectivity index (χ4n) is 1.97. The molecule has 0 aliphatic heterocycles. The van der Waals surface area contributed by atoms with Gasteiger partial charge in [-0.2, -0.15) is 5.10 Å². The van der Waals surface area contributed by atoms with E-state index in [2.05, 4.69) is 30.5 Å². The summed E-state index contributed by atoms with van der Waals surface area (Å²) in [6.07, 6.45) is 7.68. The molecule has 0 aromatic heterocycles. The van der Waals surface area contributed by atoms with Crippen molar-refractivity contribution >= 4 is 12.1 Å². The third-order valence-corrected chi connectivity index (χ3v) is 3.34. The smallest absolute Gasteiger partial charge is 0.271 e. The number of carbonyl (C=O) groups excluding carboxylic acids is 1. The first-order chi connectivity index (χ1) is 11.5. The highest BCUT2D eigenvalue weighted by Gasteiger charge is 2.09. The number of nitrogens with one attached hydrogen (secondary N) is 1. The number of hydrogen-bond donors (Lipinski definition) is 1. The van der Waals surface area contributed by atoms with Gasteiger partial charge in [-0.15, -0.1) is 0 Å². The van der Waals surface area contributed by atoms with E-state index < -0.39 is 0 Å². The minimum atomic E-state index is -0.303. The van der Waals surface area contributed by atoms with Crippen molar-refractivity contribution in [3.63, 3.8) is 0 Å². The van der Waals surface area contributed by atoms with Crippen LogP contribution in [0.4, 0.5) is 0 Å². The molecule has 24 heavy (non-hydrogen) atoms. The Morgan fingerprint density at radius 2 is 1.88 bits per heavy atom. The van der Waals surface area contributed by atoms with E-state index in [0.29, 0.717) is 17.1 Å². The summed E-state index contributed by atoms with van der Waals surface area (Å²) in [5, 5.41) is 3.94. The zero-order chi connectivity index (χ0) is 17.9. The lowest BCUT2D eigenvalue weighted by Crippen LogP contribution is -2.17. The highest BCUT2D eigenvalue weighted by Crippen LogP contribution is 2.27. The molecule has 0 saturated heterocycles. The Hall–Kier alpha value is -2.56. The summed E-state index contributed by atoms with van der Waals surface area (Å²) in [6, 6.07) is 4.96. The zero-order valence-corrected chi connectivity index (χ0v) is 15.1. The second kappa shape index (κ2) is 10.3. The highest BCUT2D eigenvalue weighted by molar-refractivity contribution is 5.95. The van der Waals surface area contributed by atoms with Crippen molar-refractivity contribution in [3.05, 3.63) is 47.1 Å². The third-order valence-electron chi connectivity index (χ3n) is 3.34. The molecule has 0 radical (unpaired) electrons. The summed E-state index contributed by atoms with van der Waals surface area (Å²) in [5.74, 6) is 0.777. The van der Waals surface area contributed by atoms with E-state index in [-0.39, 0.29) is 5.91 Å². The fourth-order valence-corrected chi connectivity index (χ4v) is 1.97. The van der Waals surface area contributed by atoms with E-state index in [1.807, 2.05) is 13.0 Å². The molecule has 0 heterocycles. The summed E-state index contributed by atoms with van der Waals surface area (Å²) in [7, 11) is 3.08. The van der Waals surface area contributed by atoms with E-state index in [4.69, 9.17) is 9.47 Å². The first-order valence-electron chi connectivity index (χ1n) is 7.82. The van der Waals surface area contributed by atoms with Crippen LogP contribution in [0.3, 0.4) is 0 Å². The van der Waals surface area contributed by atoms with Crippen molar-refractivity contribution in [1.82, 2.24) is 5.43 Å². The molecule has 1 rings (SSSR count). The van der Waals surface area contributed by atoms with Crippen LogP contribution < -0.4 is 14.9 Å². The van der Waals surface area contributed by atoms with Crippen molar-refractivity contribution < 1.29 is 14.3 Å². The van der Waals surface area contributed by atoms with Crippen molar-refractivity contribution in [3.8, 4) is 11.5 Å². The summed E-state index contributed by atoms with van der Waals surface area (Å²) >= 11 is 0. The van der Waals surface area contributed by atoms with Crippen molar-refractivity contribution in [1.29, 1.82) is 0 Å². The van der Waals surface area contributed by atoms with Gasteiger partial charge in [-0.05, 0) is 57.9 Å². The summed E-state index contributed by atoms with van der Waals surface area (Å²) in [6.45, 7) is 6.22. The SMILES string of the molecule is COc1ccc(C(=O)N/N=C\C=C(/C)CCC=C(C)C)cc1OC. The number of rotatable bonds is 8.